The molecule has 0 saturated carbocycles. The lowest BCUT2D eigenvalue weighted by molar-refractivity contribution is 0.669. The Hall–Kier alpha value is -6.44. The molecule has 0 aliphatic heterocycles. The summed E-state index contributed by atoms with van der Waals surface area (Å²) < 4.78 is 127. The lowest BCUT2D eigenvalue weighted by Gasteiger charge is -2.18. The van der Waals surface area contributed by atoms with E-state index in [-0.39, 0.29) is 74.0 Å². The van der Waals surface area contributed by atoms with Gasteiger partial charge in [0.2, 0.25) is 0 Å². The lowest BCUT2D eigenvalue weighted by Crippen LogP contribution is -1.91. The molecule has 0 aliphatic carbocycles. The van der Waals surface area contributed by atoms with Gasteiger partial charge in [-0.1, -0.05) is 164 Å². The van der Waals surface area contributed by atoms with Crippen LogP contribution >= 0.6 is 0 Å². The van der Waals surface area contributed by atoms with Crippen molar-refractivity contribution < 1.29 is 23.6 Å². The fourth-order valence-corrected chi connectivity index (χ4v) is 6.87. The zero-order chi connectivity index (χ0) is 44.5. The third-order valence-electron chi connectivity index (χ3n) is 9.06. The molecule has 0 saturated heterocycles. The molecule has 1 heteroatoms. The summed E-state index contributed by atoms with van der Waals surface area (Å²) in [6.07, 6.45) is 0. The highest BCUT2D eigenvalue weighted by atomic mass is 16.3. The Balaban J connectivity index is 1.19. The summed E-state index contributed by atoms with van der Waals surface area (Å²) in [7, 11) is 0. The smallest absolute Gasteiger partial charge is 0.136 e. The number of furan rings is 1. The monoisotopic (exact) mass is 636 g/mol. The van der Waals surface area contributed by atoms with E-state index in [9.17, 15) is 2.74 Å². The van der Waals surface area contributed by atoms with Gasteiger partial charge in [0.25, 0.3) is 0 Å². The van der Waals surface area contributed by atoms with Gasteiger partial charge in [0.1, 0.15) is 11.2 Å². The van der Waals surface area contributed by atoms with E-state index in [0.717, 1.165) is 33.0 Å². The van der Waals surface area contributed by atoms with Gasteiger partial charge in [0.15, 0.2) is 0 Å². The van der Waals surface area contributed by atoms with Crippen LogP contribution in [-0.4, -0.2) is 0 Å². The molecule has 0 aliphatic rings. The van der Waals surface area contributed by atoms with Gasteiger partial charge >= 0.3 is 0 Å². The van der Waals surface area contributed by atoms with Gasteiger partial charge in [-0.05, 0) is 95.0 Å². The summed E-state index contributed by atoms with van der Waals surface area (Å²) in [6, 6.07) is 24.6. The van der Waals surface area contributed by atoms with Crippen molar-refractivity contribution in [3.05, 3.63) is 182 Å². The van der Waals surface area contributed by atoms with Crippen molar-refractivity contribution in [2.24, 2.45) is 0 Å². The van der Waals surface area contributed by atoms with Crippen molar-refractivity contribution in [2.75, 3.05) is 0 Å². The molecule has 0 bridgehead atoms. The maximum atomic E-state index is 9.46. The first kappa shape index (κ1) is 17.1. The van der Waals surface area contributed by atoms with Crippen LogP contribution in [0.15, 0.2) is 186 Å². The number of hydrogen-bond acceptors (Lipinski definition) is 1. The van der Waals surface area contributed by atoms with Gasteiger partial charge in [-0.3, -0.25) is 0 Å². The molecule has 9 aromatic carbocycles. The predicted molar refractivity (Wildman–Crippen MR) is 208 cm³/mol. The molecule has 0 radical (unpaired) electrons. The van der Waals surface area contributed by atoms with Crippen LogP contribution in [0.5, 0.6) is 0 Å². The first-order chi connectivity index (χ1) is 30.1. The fraction of sp³-hybridized carbons (Fsp3) is 0. The fourth-order valence-electron chi connectivity index (χ4n) is 6.87. The summed E-state index contributed by atoms with van der Waals surface area (Å²) in [5, 5.41) is 2.76. The zero-order valence-electron chi connectivity index (χ0n) is 39.6. The van der Waals surface area contributed by atoms with Gasteiger partial charge in [0, 0.05) is 10.8 Å². The standard InChI is InChI=1S/C48H30O/c1-2-11-31(12-3-1)32-21-23-33(24-22-32)34-25-27-35(28-26-34)46-38-15-6-8-17-40(38)47(41-18-9-7-16-39(41)46)42-19-10-20-44-48(42)43-29-36-13-4-5-14-37(36)30-45(43)49-44/h1-30H/i1D,2D,3D,4D,5D,10D,11D,12D,13D,14D,19D,20D,29D,30D. The quantitative estimate of drug-likeness (QED) is 0.175. The van der Waals surface area contributed by atoms with E-state index in [0.29, 0.717) is 21.9 Å². The summed E-state index contributed by atoms with van der Waals surface area (Å²) in [6.45, 7) is 0. The topological polar surface area (TPSA) is 13.1 Å². The molecule has 0 N–H and O–H groups in total. The first-order valence-corrected chi connectivity index (χ1v) is 15.7. The average molecular weight is 637 g/mol. The first-order valence-electron chi connectivity index (χ1n) is 22.7. The molecule has 0 spiro atoms. The van der Waals surface area contributed by atoms with Crippen molar-refractivity contribution in [3.63, 3.8) is 0 Å². The van der Waals surface area contributed by atoms with Gasteiger partial charge in [-0.2, -0.15) is 0 Å². The second kappa shape index (κ2) is 11.1. The van der Waals surface area contributed by atoms with Gasteiger partial charge in [-0.25, -0.2) is 0 Å². The van der Waals surface area contributed by atoms with Gasteiger partial charge in [0.05, 0.1) is 19.2 Å². The third-order valence-corrected chi connectivity index (χ3v) is 9.06. The van der Waals surface area contributed by atoms with Crippen LogP contribution < -0.4 is 0 Å². The minimum absolute atomic E-state index is 0.0127. The van der Waals surface area contributed by atoms with Gasteiger partial charge in [-0.15, -0.1) is 0 Å². The molecule has 1 aromatic heterocycles. The molecule has 0 unspecified atom stereocenters. The van der Waals surface area contributed by atoms with Crippen molar-refractivity contribution in [3.8, 4) is 44.5 Å². The second-order valence-corrected chi connectivity index (χ2v) is 11.8. The summed E-state index contributed by atoms with van der Waals surface area (Å²) >= 11 is 0. The van der Waals surface area contributed by atoms with E-state index < -0.39 is 54.4 Å². The average Bonchev–Trinajstić information content (AvgIpc) is 3.70. The van der Waals surface area contributed by atoms with E-state index in [2.05, 4.69) is 0 Å². The Kier molecular flexibility index (Phi) is 3.87. The van der Waals surface area contributed by atoms with Crippen LogP contribution in [0.3, 0.4) is 0 Å². The van der Waals surface area contributed by atoms with E-state index in [1.165, 1.54) is 0 Å². The molecule has 0 fully saturated rings. The molecule has 1 nitrogen and oxygen atoms in total. The Morgan fingerprint density at radius 1 is 0.367 bits per heavy atom. The minimum atomic E-state index is -0.561. The maximum absolute atomic E-state index is 9.46. The molecule has 0 atom stereocenters. The Labute approximate surface area is 304 Å². The SMILES string of the molecule is [2H]c1c([2H])c([2H])c(-c2ccc(-c3ccc(-c4c5ccccc5c(-c5c([2H])c([2H])c([2H])c6oc7c([2H])c8c([2H])c([2H])c([2H])c([2H])c8c([2H])c7c56)c5ccccc45)cc3)cc2)c([2H])c1[2H]. The van der Waals surface area contributed by atoms with E-state index in [1.54, 1.807) is 12.1 Å². The Morgan fingerprint density at radius 3 is 1.49 bits per heavy atom. The summed E-state index contributed by atoms with van der Waals surface area (Å²) in [4.78, 5) is 0. The van der Waals surface area contributed by atoms with Crippen LogP contribution in [-0.2, 0) is 0 Å². The van der Waals surface area contributed by atoms with E-state index in [4.69, 9.17) is 20.9 Å². The predicted octanol–water partition coefficient (Wildman–Crippen LogP) is 13.7. The number of benzene rings is 9. The Bertz CT molecular complexity index is 3570. The minimum Gasteiger partial charge on any atom is -0.456 e. The molecule has 1 heterocycles. The number of rotatable bonds is 4. The molecular formula is C48H30O. The van der Waals surface area contributed by atoms with Crippen LogP contribution in [0.25, 0.3) is 98.8 Å². The molecule has 10 aromatic rings. The number of hydrogen-bond donors (Lipinski definition) is 0. The number of fused-ring (bicyclic) bond motifs is 6. The van der Waals surface area contributed by atoms with Crippen LogP contribution in [0.1, 0.15) is 19.2 Å². The van der Waals surface area contributed by atoms with Crippen molar-refractivity contribution in [2.45, 2.75) is 0 Å². The molecule has 228 valence electrons. The van der Waals surface area contributed by atoms with Crippen LogP contribution in [0.4, 0.5) is 0 Å². The lowest BCUT2D eigenvalue weighted by atomic mass is 9.84. The van der Waals surface area contributed by atoms with Crippen molar-refractivity contribution >= 4 is 54.3 Å². The van der Waals surface area contributed by atoms with Crippen molar-refractivity contribution in [1.82, 2.24) is 0 Å². The molecule has 49 heavy (non-hydrogen) atoms. The highest BCUT2D eigenvalue weighted by Crippen LogP contribution is 2.47. The Morgan fingerprint density at radius 2 is 0.878 bits per heavy atom. The van der Waals surface area contributed by atoms with Crippen LogP contribution in [0.2, 0.25) is 0 Å². The van der Waals surface area contributed by atoms with Crippen molar-refractivity contribution in [1.29, 1.82) is 0 Å². The van der Waals surface area contributed by atoms with E-state index >= 15 is 0 Å². The normalized spacial score (nSPS) is 15.7. The molecule has 0 amide bonds. The second-order valence-electron chi connectivity index (χ2n) is 11.8. The van der Waals surface area contributed by atoms with E-state index in [1.807, 2.05) is 84.9 Å². The third kappa shape index (κ3) is 4.47. The maximum Gasteiger partial charge on any atom is 0.136 e. The van der Waals surface area contributed by atoms with Gasteiger partial charge < -0.3 is 4.42 Å². The summed E-state index contributed by atoms with van der Waals surface area (Å²) in [5.41, 5.74) is 4.51. The largest absolute Gasteiger partial charge is 0.456 e. The molecule has 10 rings (SSSR count). The van der Waals surface area contributed by atoms with Crippen LogP contribution in [0, 0.1) is 0 Å². The molecular weight excluding hydrogens is 593 g/mol. The zero-order valence-corrected chi connectivity index (χ0v) is 25.6. The summed E-state index contributed by atoms with van der Waals surface area (Å²) in [5.74, 6) is 0. The highest BCUT2D eigenvalue weighted by molar-refractivity contribution is 6.26. The highest BCUT2D eigenvalue weighted by Gasteiger charge is 2.20.